The number of ether oxygens (including phenoxy) is 1. The molecule has 0 saturated heterocycles. The third kappa shape index (κ3) is 3.60. The van der Waals surface area contributed by atoms with Crippen LogP contribution in [0.15, 0.2) is 77.8 Å². The Labute approximate surface area is 202 Å². The van der Waals surface area contributed by atoms with E-state index >= 15 is 0 Å². The molecule has 2 aromatic carbocycles. The normalized spacial score (nSPS) is 16.5. The van der Waals surface area contributed by atoms with E-state index in [1.807, 2.05) is 30.5 Å². The number of benzene rings is 2. The van der Waals surface area contributed by atoms with Crippen LogP contribution in [0.1, 0.15) is 36.2 Å². The Morgan fingerprint density at radius 2 is 1.71 bits per heavy atom. The molecule has 0 saturated carbocycles. The quantitative estimate of drug-likeness (QED) is 0.426. The lowest BCUT2D eigenvalue weighted by atomic mass is 9.82. The lowest BCUT2D eigenvalue weighted by Crippen LogP contribution is -2.23. The molecule has 34 heavy (non-hydrogen) atoms. The molecule has 2 aliphatic heterocycles. The van der Waals surface area contributed by atoms with E-state index in [9.17, 15) is 0 Å². The highest BCUT2D eigenvalue weighted by Gasteiger charge is 2.41. The fourth-order valence-corrected chi connectivity index (χ4v) is 5.41. The molecule has 0 unspecified atom stereocenters. The molecule has 0 radical (unpaired) electrons. The Balaban J connectivity index is 1.78. The van der Waals surface area contributed by atoms with Gasteiger partial charge < -0.3 is 9.64 Å². The van der Waals surface area contributed by atoms with E-state index in [0.29, 0.717) is 0 Å². The van der Waals surface area contributed by atoms with Crippen LogP contribution in [0.3, 0.4) is 0 Å². The van der Waals surface area contributed by atoms with Gasteiger partial charge in [0.2, 0.25) is 0 Å². The van der Waals surface area contributed by atoms with E-state index in [2.05, 4.69) is 75.9 Å². The number of likely N-dealkylation sites (N-methyl/N-ethyl adjacent to an activating group) is 1. The van der Waals surface area contributed by atoms with Crippen molar-refractivity contribution in [3.63, 3.8) is 0 Å². The molecule has 3 nitrogen and oxygen atoms in total. The maximum atomic E-state index is 6.76. The summed E-state index contributed by atoms with van der Waals surface area (Å²) in [7, 11) is 2.16. The molecule has 5 rings (SSSR count). The summed E-state index contributed by atoms with van der Waals surface area (Å²) >= 11 is 0. The van der Waals surface area contributed by atoms with Crippen LogP contribution >= 0.6 is 0 Å². The monoisotopic (exact) mass is 446 g/mol. The van der Waals surface area contributed by atoms with Crippen LogP contribution in [0.2, 0.25) is 0 Å². The van der Waals surface area contributed by atoms with Crippen molar-refractivity contribution in [1.29, 1.82) is 0 Å². The van der Waals surface area contributed by atoms with Crippen molar-refractivity contribution >= 4 is 5.57 Å². The third-order valence-corrected chi connectivity index (χ3v) is 6.90. The van der Waals surface area contributed by atoms with Gasteiger partial charge in [-0.3, -0.25) is 4.98 Å². The second-order valence-corrected chi connectivity index (χ2v) is 10.0. The number of rotatable bonds is 3. The van der Waals surface area contributed by atoms with E-state index in [4.69, 9.17) is 16.1 Å². The van der Waals surface area contributed by atoms with Gasteiger partial charge >= 0.3 is 0 Å². The zero-order valence-electron chi connectivity index (χ0n) is 20.6. The fourth-order valence-electron chi connectivity index (χ4n) is 5.41. The molecule has 170 valence electrons. The summed E-state index contributed by atoms with van der Waals surface area (Å²) in [6.07, 6.45) is 8.89. The maximum Gasteiger partial charge on any atom is 0.149 e. The molecule has 3 aromatic rings. The van der Waals surface area contributed by atoms with E-state index in [0.717, 1.165) is 58.0 Å². The largest absolute Gasteiger partial charge is 0.455 e. The highest BCUT2D eigenvalue weighted by Crippen LogP contribution is 2.49. The molecule has 0 spiro atoms. The summed E-state index contributed by atoms with van der Waals surface area (Å²) in [6.45, 7) is 9.65. The van der Waals surface area contributed by atoms with Crippen molar-refractivity contribution in [2.24, 2.45) is 5.41 Å². The summed E-state index contributed by atoms with van der Waals surface area (Å²) < 4.78 is 6.76. The van der Waals surface area contributed by atoms with Crippen molar-refractivity contribution in [1.82, 2.24) is 9.88 Å². The molecule has 0 N–H and O–H groups in total. The number of hydrogen-bond donors (Lipinski definition) is 0. The number of fused-ring (bicyclic) bond motifs is 3. The Morgan fingerprint density at radius 3 is 2.41 bits per heavy atom. The standard InChI is InChI=1S/C31H30N2O/c1-7-22-23-12-8-9-13-24(23)25-14-10-11-15-28(25)34-30(22)29-27(33(6)19-31(29,4)5)17-26-21(3)16-20(2)18-32-26/h1,8-16,18H,17,19H2,2-6H3. The Hall–Kier alpha value is -3.77. The molecular weight excluding hydrogens is 416 g/mol. The molecule has 0 aliphatic carbocycles. The molecule has 0 bridgehead atoms. The average molecular weight is 447 g/mol. The third-order valence-electron chi connectivity index (χ3n) is 6.90. The van der Waals surface area contributed by atoms with Gasteiger partial charge in [-0.2, -0.15) is 0 Å². The van der Waals surface area contributed by atoms with Gasteiger partial charge in [0.05, 0.1) is 5.57 Å². The second-order valence-electron chi connectivity index (χ2n) is 10.0. The van der Waals surface area contributed by atoms with Crippen molar-refractivity contribution in [3.8, 4) is 29.2 Å². The average Bonchev–Trinajstić information content (AvgIpc) is 2.94. The number of para-hydroxylation sites is 1. The van der Waals surface area contributed by atoms with Crippen LogP contribution < -0.4 is 4.74 Å². The van der Waals surface area contributed by atoms with E-state index in [-0.39, 0.29) is 5.41 Å². The first kappa shape index (κ1) is 22.0. The Morgan fingerprint density at radius 1 is 1.03 bits per heavy atom. The smallest absolute Gasteiger partial charge is 0.149 e. The molecule has 0 amide bonds. The van der Waals surface area contributed by atoms with Gasteiger partial charge in [-0.25, -0.2) is 0 Å². The van der Waals surface area contributed by atoms with Crippen LogP contribution in [0, 0.1) is 31.6 Å². The van der Waals surface area contributed by atoms with Crippen LogP contribution in [0.25, 0.3) is 16.7 Å². The molecular formula is C31H30N2O. The highest BCUT2D eigenvalue weighted by molar-refractivity contribution is 5.93. The lowest BCUT2D eigenvalue weighted by Gasteiger charge is -2.25. The van der Waals surface area contributed by atoms with Crippen LogP contribution in [0.4, 0.5) is 0 Å². The minimum absolute atomic E-state index is 0.144. The first-order chi connectivity index (χ1) is 16.3. The van der Waals surface area contributed by atoms with Gasteiger partial charge in [0.15, 0.2) is 0 Å². The number of pyridine rings is 1. The molecule has 0 atom stereocenters. The summed E-state index contributed by atoms with van der Waals surface area (Å²) in [5, 5.41) is 0. The number of hydrogen-bond acceptors (Lipinski definition) is 3. The van der Waals surface area contributed by atoms with Crippen LogP contribution in [0.5, 0.6) is 5.75 Å². The Bertz CT molecular complexity index is 1400. The number of aryl methyl sites for hydroxylation is 2. The van der Waals surface area contributed by atoms with Gasteiger partial charge in [0.1, 0.15) is 11.5 Å². The summed E-state index contributed by atoms with van der Waals surface area (Å²) in [6, 6.07) is 18.7. The second kappa shape index (κ2) is 8.22. The van der Waals surface area contributed by atoms with Crippen molar-refractivity contribution in [3.05, 3.63) is 100 Å². The van der Waals surface area contributed by atoms with E-state index in [1.54, 1.807) is 0 Å². The fraction of sp³-hybridized carbons (Fsp3) is 0.258. The number of allylic oxidation sites excluding steroid dienone is 3. The summed E-state index contributed by atoms with van der Waals surface area (Å²) in [5.41, 5.74) is 9.69. The molecule has 3 heteroatoms. The van der Waals surface area contributed by atoms with E-state index < -0.39 is 0 Å². The van der Waals surface area contributed by atoms with Crippen LogP contribution in [-0.4, -0.2) is 23.5 Å². The molecule has 0 fully saturated rings. The Kier molecular flexibility index (Phi) is 5.33. The minimum Gasteiger partial charge on any atom is -0.455 e. The molecule has 2 aliphatic rings. The van der Waals surface area contributed by atoms with Gasteiger partial charge in [0.25, 0.3) is 0 Å². The van der Waals surface area contributed by atoms with Crippen LogP contribution in [-0.2, 0) is 6.42 Å². The topological polar surface area (TPSA) is 25.4 Å². The van der Waals surface area contributed by atoms with Gasteiger partial charge in [-0.15, -0.1) is 6.42 Å². The number of nitrogens with zero attached hydrogens (tertiary/aromatic N) is 2. The van der Waals surface area contributed by atoms with Gasteiger partial charge in [-0.05, 0) is 36.6 Å². The minimum atomic E-state index is -0.144. The van der Waals surface area contributed by atoms with E-state index in [1.165, 1.54) is 16.8 Å². The lowest BCUT2D eigenvalue weighted by molar-refractivity contribution is 0.329. The van der Waals surface area contributed by atoms with Crippen molar-refractivity contribution in [2.45, 2.75) is 34.1 Å². The highest BCUT2D eigenvalue weighted by atomic mass is 16.5. The summed E-state index contributed by atoms with van der Waals surface area (Å²) in [5.74, 6) is 4.62. The zero-order chi connectivity index (χ0) is 24.0. The summed E-state index contributed by atoms with van der Waals surface area (Å²) in [4.78, 5) is 7.11. The molecule has 3 heterocycles. The number of aromatic nitrogens is 1. The van der Waals surface area contributed by atoms with Gasteiger partial charge in [-0.1, -0.05) is 68.3 Å². The predicted molar refractivity (Wildman–Crippen MR) is 139 cm³/mol. The van der Waals surface area contributed by atoms with Gasteiger partial charge in [0, 0.05) is 59.7 Å². The maximum absolute atomic E-state index is 6.76. The van der Waals surface area contributed by atoms with Crippen molar-refractivity contribution < 1.29 is 4.74 Å². The predicted octanol–water partition coefficient (Wildman–Crippen LogP) is 6.57. The zero-order valence-corrected chi connectivity index (χ0v) is 20.6. The molecule has 1 aromatic heterocycles. The number of terminal acetylenes is 1. The first-order valence-electron chi connectivity index (χ1n) is 11.7. The van der Waals surface area contributed by atoms with Crippen molar-refractivity contribution in [2.75, 3.05) is 13.6 Å². The first-order valence-corrected chi connectivity index (χ1v) is 11.7. The SMILES string of the molecule is C#CC1=C(C2=C(Cc3ncc(C)cc3C)N(C)CC2(C)C)Oc2ccccc2-c2ccccc21.